The Morgan fingerprint density at radius 2 is 1.44 bits per heavy atom. The van der Waals surface area contributed by atoms with Crippen molar-refractivity contribution in [2.24, 2.45) is 4.99 Å². The highest BCUT2D eigenvalue weighted by Gasteiger charge is 2.32. The molecule has 1 saturated heterocycles. The van der Waals surface area contributed by atoms with Crippen molar-refractivity contribution in [1.82, 2.24) is 19.4 Å². The van der Waals surface area contributed by atoms with Crippen LogP contribution >= 0.6 is 11.8 Å². The Bertz CT molecular complexity index is 2510. The van der Waals surface area contributed by atoms with Crippen LogP contribution in [0.5, 0.6) is 0 Å². The molecule has 7 rings (SSSR count). The normalized spacial score (nSPS) is 15.3. The molecule has 2 aliphatic rings. The Kier molecular flexibility index (Phi) is 15.0. The van der Waals surface area contributed by atoms with Crippen LogP contribution in [0.1, 0.15) is 35.4 Å². The maximum absolute atomic E-state index is 14.6. The number of aliphatic carboxylic acids is 2. The minimum Gasteiger partial charge on any atom is -0.479 e. The fourth-order valence-corrected chi connectivity index (χ4v) is 8.19. The van der Waals surface area contributed by atoms with E-state index in [1.165, 1.54) is 24.3 Å². The second kappa shape index (κ2) is 20.3. The van der Waals surface area contributed by atoms with Crippen molar-refractivity contribution < 1.29 is 56.8 Å². The van der Waals surface area contributed by atoms with Crippen LogP contribution in [0.3, 0.4) is 0 Å². The van der Waals surface area contributed by atoms with Crippen molar-refractivity contribution in [2.45, 2.75) is 63.2 Å². The first-order valence-electron chi connectivity index (χ1n) is 19.7. The van der Waals surface area contributed by atoms with Gasteiger partial charge in [-0.2, -0.15) is 18.2 Å². The van der Waals surface area contributed by atoms with Gasteiger partial charge >= 0.3 is 18.1 Å². The van der Waals surface area contributed by atoms with E-state index >= 15 is 0 Å². The summed E-state index contributed by atoms with van der Waals surface area (Å²) in [5, 5.41) is 33.9. The van der Waals surface area contributed by atoms with E-state index in [9.17, 15) is 41.1 Å². The third kappa shape index (κ3) is 11.5. The number of aliphatic imine (C=N–C) groups is 1. The van der Waals surface area contributed by atoms with Gasteiger partial charge in [0.25, 0.3) is 5.56 Å². The molecule has 0 saturated carbocycles. The Balaban J connectivity index is 0.000000590. The lowest BCUT2D eigenvalue weighted by molar-refractivity contribution is -0.165. The number of amidine groups is 1. The molecule has 0 bridgehead atoms. The number of fused-ring (bicyclic) bond motifs is 1. The molecule has 1 fully saturated rings. The van der Waals surface area contributed by atoms with E-state index in [1.54, 1.807) is 40.6 Å². The van der Waals surface area contributed by atoms with E-state index in [-0.39, 0.29) is 49.3 Å². The number of hydrogen-bond donors (Lipinski definition) is 4. The molecule has 2 unspecified atom stereocenters. The maximum atomic E-state index is 14.6. The molecule has 2 aliphatic heterocycles. The summed E-state index contributed by atoms with van der Waals surface area (Å²) in [4.78, 5) is 60.3. The van der Waals surface area contributed by atoms with Crippen LogP contribution < -0.4 is 5.56 Å². The first-order valence-corrected chi connectivity index (χ1v) is 20.7. The van der Waals surface area contributed by atoms with Gasteiger partial charge in [0, 0.05) is 37.8 Å². The van der Waals surface area contributed by atoms with Crippen molar-refractivity contribution in [3.05, 3.63) is 135 Å². The van der Waals surface area contributed by atoms with Gasteiger partial charge in [-0.1, -0.05) is 72.4 Å². The number of piperidine rings is 1. The quantitative estimate of drug-likeness (QED) is 0.114. The van der Waals surface area contributed by atoms with Crippen LogP contribution in [0.2, 0.25) is 0 Å². The highest BCUT2D eigenvalue weighted by molar-refractivity contribution is 8.14. The Hall–Kier alpha value is -6.18. The fourth-order valence-electron chi connectivity index (χ4n) is 7.27. The molecule has 13 nitrogen and oxygen atoms in total. The van der Waals surface area contributed by atoms with Crippen LogP contribution in [-0.4, -0.2) is 106 Å². The number of aromatic nitrogens is 2. The number of benzene rings is 4. The predicted molar refractivity (Wildman–Crippen MR) is 224 cm³/mol. The van der Waals surface area contributed by atoms with Gasteiger partial charge < -0.3 is 34.8 Å². The Morgan fingerprint density at radius 3 is 2.03 bits per heavy atom. The number of aliphatic hydroxyl groups is 2. The molecule has 4 N–H and O–H groups in total. The fraction of sp³-hybridized carbons (Fsp3) is 0.318. The molecule has 63 heavy (non-hydrogen) atoms. The van der Waals surface area contributed by atoms with E-state index in [0.29, 0.717) is 29.3 Å². The largest absolute Gasteiger partial charge is 0.479 e. The van der Waals surface area contributed by atoms with Gasteiger partial charge in [-0.25, -0.2) is 18.4 Å². The zero-order chi connectivity index (χ0) is 45.4. The number of carboxylic acids is 2. The first-order chi connectivity index (χ1) is 30.0. The standard InChI is InChI=1S/C40H36F5N5O2S.C4H6O6/c41-33-6-3-4-29(37(33)42)14-17-35-47-38(52)32-5-1-2-7-34(32)50(35)25-36(51)49(31-18-21-48(22-19-31)39-46-20-23-53-39)24-26-8-10-27(11-9-26)28-12-15-30(16-13-28)40(43,44)45;5-1(3(7)8)2(6)4(9)10/h1-13,15-16,31H,14,17-25H2;1-2,5-6H,(H,7,8)(H,9,10). The van der Waals surface area contributed by atoms with Gasteiger partial charge in [0.15, 0.2) is 29.0 Å². The second-order valence-corrected chi connectivity index (χ2v) is 15.8. The number of amides is 1. The topological polar surface area (TPSA) is 186 Å². The van der Waals surface area contributed by atoms with Crippen LogP contribution in [0.15, 0.2) is 101 Å². The van der Waals surface area contributed by atoms with Crippen LogP contribution in [0.25, 0.3) is 22.0 Å². The number of nitrogens with zero attached hydrogens (tertiary/aromatic N) is 5. The summed E-state index contributed by atoms with van der Waals surface area (Å²) in [5.74, 6) is -4.41. The number of carboxylic acid groups (broad SMARTS) is 2. The van der Waals surface area contributed by atoms with Gasteiger partial charge in [0.2, 0.25) is 5.91 Å². The lowest BCUT2D eigenvalue weighted by Crippen LogP contribution is -2.49. The third-order valence-electron chi connectivity index (χ3n) is 10.6. The number of carbonyl (C=O) groups excluding carboxylic acids is 1. The number of carbonyl (C=O) groups is 3. The van der Waals surface area contributed by atoms with Crippen molar-refractivity contribution in [3.8, 4) is 11.1 Å². The highest BCUT2D eigenvalue weighted by atomic mass is 32.2. The Morgan fingerprint density at radius 1 is 0.825 bits per heavy atom. The van der Waals surface area contributed by atoms with E-state index in [4.69, 9.17) is 20.4 Å². The SMILES string of the molecule is O=C(Cn1c(CCc2cccc(F)c2F)nc(=O)c2ccccc21)N(Cc1ccc(-c2ccc(C(F)(F)F)cc2)cc1)C1CCN(C2=NCCS2)CC1.O=C(O)C(O)C(O)C(=O)O. The van der Waals surface area contributed by atoms with Crippen molar-refractivity contribution in [2.75, 3.05) is 25.4 Å². The molecule has 0 spiro atoms. The average molecular weight is 896 g/mol. The molecule has 19 heteroatoms. The number of aliphatic hydroxyl groups excluding tert-OH is 2. The number of thioether (sulfide) groups is 1. The van der Waals surface area contributed by atoms with E-state index in [0.717, 1.165) is 59.9 Å². The lowest BCUT2D eigenvalue weighted by Gasteiger charge is -2.39. The lowest BCUT2D eigenvalue weighted by atomic mass is 10.00. The summed E-state index contributed by atoms with van der Waals surface area (Å²) in [6.45, 7) is 2.41. The zero-order valence-electron chi connectivity index (χ0n) is 33.4. The van der Waals surface area contributed by atoms with E-state index in [1.807, 2.05) is 29.2 Å². The van der Waals surface area contributed by atoms with Gasteiger partial charge in [0.05, 0.1) is 23.0 Å². The molecule has 0 aliphatic carbocycles. The summed E-state index contributed by atoms with van der Waals surface area (Å²) in [5.41, 5.74) is 1.70. The Labute approximate surface area is 361 Å². The van der Waals surface area contributed by atoms with Crippen LogP contribution in [0.4, 0.5) is 22.0 Å². The monoisotopic (exact) mass is 895 g/mol. The molecule has 1 amide bonds. The highest BCUT2D eigenvalue weighted by Crippen LogP contribution is 2.32. The second-order valence-electron chi connectivity index (χ2n) is 14.7. The summed E-state index contributed by atoms with van der Waals surface area (Å²) in [6, 6.07) is 23.2. The maximum Gasteiger partial charge on any atom is 0.416 e. The molecule has 3 heterocycles. The zero-order valence-corrected chi connectivity index (χ0v) is 34.2. The number of alkyl halides is 3. The van der Waals surface area contributed by atoms with Gasteiger partial charge in [-0.15, -0.1) is 0 Å². The van der Waals surface area contributed by atoms with Crippen molar-refractivity contribution in [1.29, 1.82) is 0 Å². The summed E-state index contributed by atoms with van der Waals surface area (Å²) in [7, 11) is 0. The minimum absolute atomic E-state index is 0.0674. The number of hydrogen-bond acceptors (Lipinski definition) is 10. The molecular formula is C44H42F5N5O8S. The van der Waals surface area contributed by atoms with Crippen LogP contribution in [-0.2, 0) is 46.5 Å². The van der Waals surface area contributed by atoms with Gasteiger partial charge in [-0.3, -0.25) is 14.6 Å². The van der Waals surface area contributed by atoms with E-state index < -0.39 is 53.1 Å². The van der Waals surface area contributed by atoms with Gasteiger partial charge in [-0.05, 0) is 71.8 Å². The molecular weight excluding hydrogens is 854 g/mol. The summed E-state index contributed by atoms with van der Waals surface area (Å²) in [6.07, 6.45) is -7.37. The molecule has 332 valence electrons. The summed E-state index contributed by atoms with van der Waals surface area (Å²) < 4.78 is 69.7. The molecule has 2 atom stereocenters. The number of rotatable bonds is 12. The predicted octanol–water partition coefficient (Wildman–Crippen LogP) is 5.62. The average Bonchev–Trinajstić information content (AvgIpc) is 3.82. The minimum atomic E-state index is -4.42. The van der Waals surface area contributed by atoms with Gasteiger partial charge in [0.1, 0.15) is 12.4 Å². The van der Waals surface area contributed by atoms with E-state index in [2.05, 4.69) is 14.9 Å². The third-order valence-corrected chi connectivity index (χ3v) is 11.7. The molecule has 1 aromatic heterocycles. The number of aryl methyl sites for hydroxylation is 2. The van der Waals surface area contributed by atoms with Crippen molar-refractivity contribution >= 4 is 45.7 Å². The number of para-hydroxylation sites is 1. The summed E-state index contributed by atoms with van der Waals surface area (Å²) >= 11 is 1.74. The molecule has 4 aromatic carbocycles. The van der Waals surface area contributed by atoms with Crippen molar-refractivity contribution in [3.63, 3.8) is 0 Å². The smallest absolute Gasteiger partial charge is 0.416 e. The first kappa shape index (κ1) is 46.3. The number of likely N-dealkylation sites (tertiary alicyclic amines) is 1. The van der Waals surface area contributed by atoms with Crippen LogP contribution in [0, 0.1) is 11.6 Å². The molecule has 5 aromatic rings. The molecule has 0 radical (unpaired) electrons. The number of halogens is 5.